The highest BCUT2D eigenvalue weighted by Crippen LogP contribution is 2.35. The molecular formula is C11H9BrN2O. The first-order chi connectivity index (χ1) is 7.34. The molecule has 0 radical (unpaired) electrons. The van der Waals surface area contributed by atoms with Gasteiger partial charge in [-0.05, 0) is 18.2 Å². The number of aromatic nitrogens is 2. The summed E-state index contributed by atoms with van der Waals surface area (Å²) in [5, 5.41) is 7.18. The maximum atomic E-state index is 5.67. The van der Waals surface area contributed by atoms with Crippen LogP contribution in [0.5, 0.6) is 5.75 Å². The Balaban J connectivity index is 2.27. The van der Waals surface area contributed by atoms with E-state index in [9.17, 15) is 0 Å². The van der Waals surface area contributed by atoms with Crippen LogP contribution in [0.15, 0.2) is 28.9 Å². The molecule has 15 heavy (non-hydrogen) atoms. The Morgan fingerprint density at radius 3 is 3.27 bits per heavy atom. The number of H-pyrrole nitrogens is 1. The lowest BCUT2D eigenvalue weighted by Gasteiger charge is -2.06. The number of ether oxygens (including phenoxy) is 1. The van der Waals surface area contributed by atoms with E-state index in [0.717, 1.165) is 27.9 Å². The van der Waals surface area contributed by atoms with Crippen molar-refractivity contribution in [3.05, 3.63) is 34.4 Å². The van der Waals surface area contributed by atoms with Crippen LogP contribution in [-0.4, -0.2) is 16.8 Å². The summed E-state index contributed by atoms with van der Waals surface area (Å²) < 4.78 is 6.71. The van der Waals surface area contributed by atoms with E-state index in [1.807, 2.05) is 24.4 Å². The highest BCUT2D eigenvalue weighted by molar-refractivity contribution is 9.10. The second kappa shape index (κ2) is 3.38. The third kappa shape index (κ3) is 1.45. The maximum Gasteiger partial charge on any atom is 0.128 e. The van der Waals surface area contributed by atoms with E-state index >= 15 is 0 Å². The van der Waals surface area contributed by atoms with Gasteiger partial charge >= 0.3 is 0 Å². The highest BCUT2D eigenvalue weighted by atomic mass is 79.9. The molecule has 0 fully saturated rings. The number of hydrogen-bond acceptors (Lipinski definition) is 2. The van der Waals surface area contributed by atoms with Gasteiger partial charge < -0.3 is 4.74 Å². The van der Waals surface area contributed by atoms with E-state index in [4.69, 9.17) is 4.74 Å². The van der Waals surface area contributed by atoms with Gasteiger partial charge in [0.2, 0.25) is 0 Å². The molecule has 1 aliphatic heterocycles. The molecule has 0 unspecified atom stereocenters. The summed E-state index contributed by atoms with van der Waals surface area (Å²) in [5.41, 5.74) is 3.27. The highest BCUT2D eigenvalue weighted by Gasteiger charge is 2.17. The van der Waals surface area contributed by atoms with Gasteiger partial charge in [0.15, 0.2) is 0 Å². The van der Waals surface area contributed by atoms with Crippen molar-refractivity contribution in [2.45, 2.75) is 6.42 Å². The second-order valence-electron chi connectivity index (χ2n) is 3.50. The molecule has 3 nitrogen and oxygen atoms in total. The summed E-state index contributed by atoms with van der Waals surface area (Å²) in [4.78, 5) is 0. The fourth-order valence-electron chi connectivity index (χ4n) is 1.82. The van der Waals surface area contributed by atoms with Crippen molar-refractivity contribution in [3.8, 4) is 17.0 Å². The summed E-state index contributed by atoms with van der Waals surface area (Å²) in [6.45, 7) is 0.709. The van der Waals surface area contributed by atoms with Crippen molar-refractivity contribution in [3.63, 3.8) is 0 Å². The Hall–Kier alpha value is -1.29. The number of nitrogens with zero attached hydrogens (tertiary/aromatic N) is 1. The van der Waals surface area contributed by atoms with Crippen molar-refractivity contribution in [2.75, 3.05) is 6.61 Å². The third-order valence-corrected chi connectivity index (χ3v) is 3.04. The summed E-state index contributed by atoms with van der Waals surface area (Å²) in [6, 6.07) is 6.00. The predicted molar refractivity (Wildman–Crippen MR) is 60.9 cm³/mol. The lowest BCUT2D eigenvalue weighted by atomic mass is 10.1. The molecule has 0 spiro atoms. The zero-order chi connectivity index (χ0) is 10.3. The normalized spacial score (nSPS) is 13.7. The topological polar surface area (TPSA) is 37.9 Å². The molecule has 0 bridgehead atoms. The Labute approximate surface area is 95.6 Å². The van der Waals surface area contributed by atoms with E-state index in [1.165, 1.54) is 5.56 Å². The first kappa shape index (κ1) is 8.97. The summed E-state index contributed by atoms with van der Waals surface area (Å²) in [5.74, 6) is 0.907. The SMILES string of the molecule is Brc1ccc2c(c1)-c1n[nH]cc1CCO2. The monoisotopic (exact) mass is 264 g/mol. The fourth-order valence-corrected chi connectivity index (χ4v) is 2.18. The van der Waals surface area contributed by atoms with Gasteiger partial charge in [-0.1, -0.05) is 15.9 Å². The van der Waals surface area contributed by atoms with Crippen molar-refractivity contribution in [2.24, 2.45) is 0 Å². The van der Waals surface area contributed by atoms with Gasteiger partial charge in [-0.2, -0.15) is 5.10 Å². The van der Waals surface area contributed by atoms with E-state index < -0.39 is 0 Å². The molecule has 76 valence electrons. The molecule has 2 aromatic rings. The van der Waals surface area contributed by atoms with Crippen LogP contribution in [-0.2, 0) is 6.42 Å². The van der Waals surface area contributed by atoms with Gasteiger partial charge in [0.05, 0.1) is 12.3 Å². The van der Waals surface area contributed by atoms with Crippen LogP contribution >= 0.6 is 15.9 Å². The van der Waals surface area contributed by atoms with Gasteiger partial charge in [-0.25, -0.2) is 0 Å². The minimum Gasteiger partial charge on any atom is -0.493 e. The molecule has 1 aliphatic rings. The minimum atomic E-state index is 0.709. The molecular weight excluding hydrogens is 256 g/mol. The standard InChI is InChI=1S/C11H9BrN2O/c12-8-1-2-10-9(5-8)11-7(3-4-15-10)6-13-14-11/h1-2,5-6H,3-4H2,(H,13,14). The average molecular weight is 265 g/mol. The maximum absolute atomic E-state index is 5.67. The second-order valence-corrected chi connectivity index (χ2v) is 4.41. The van der Waals surface area contributed by atoms with Crippen molar-refractivity contribution < 1.29 is 4.74 Å². The van der Waals surface area contributed by atoms with Gasteiger partial charge in [0.25, 0.3) is 0 Å². The molecule has 0 aliphatic carbocycles. The summed E-state index contributed by atoms with van der Waals surface area (Å²) in [6.07, 6.45) is 2.84. The number of benzene rings is 1. The predicted octanol–water partition coefficient (Wildman–Crippen LogP) is 2.77. The zero-order valence-electron chi connectivity index (χ0n) is 7.96. The van der Waals surface area contributed by atoms with Crippen LogP contribution in [0.4, 0.5) is 0 Å². The van der Waals surface area contributed by atoms with E-state index in [0.29, 0.717) is 6.61 Å². The average Bonchev–Trinajstić information content (AvgIpc) is 2.62. The molecule has 0 atom stereocenters. The van der Waals surface area contributed by atoms with Crippen LogP contribution in [0, 0.1) is 0 Å². The van der Waals surface area contributed by atoms with E-state index in [-0.39, 0.29) is 0 Å². The number of fused-ring (bicyclic) bond motifs is 3. The number of nitrogens with one attached hydrogen (secondary N) is 1. The quantitative estimate of drug-likeness (QED) is 0.795. The van der Waals surface area contributed by atoms with Gasteiger partial charge in [-0.3, -0.25) is 5.10 Å². The van der Waals surface area contributed by atoms with Gasteiger partial charge in [0, 0.05) is 28.2 Å². The van der Waals surface area contributed by atoms with Gasteiger partial charge in [0.1, 0.15) is 5.75 Å². The smallest absolute Gasteiger partial charge is 0.128 e. The van der Waals surface area contributed by atoms with Gasteiger partial charge in [-0.15, -0.1) is 0 Å². The van der Waals surface area contributed by atoms with Crippen LogP contribution in [0.25, 0.3) is 11.3 Å². The van der Waals surface area contributed by atoms with Crippen molar-refractivity contribution in [1.29, 1.82) is 0 Å². The Morgan fingerprint density at radius 2 is 2.33 bits per heavy atom. The van der Waals surface area contributed by atoms with Crippen LogP contribution < -0.4 is 4.74 Å². The lowest BCUT2D eigenvalue weighted by molar-refractivity contribution is 0.326. The first-order valence-electron chi connectivity index (χ1n) is 4.80. The molecule has 1 aromatic heterocycles. The number of aromatic amines is 1. The number of rotatable bonds is 0. The zero-order valence-corrected chi connectivity index (χ0v) is 9.54. The molecule has 4 heteroatoms. The fraction of sp³-hybridized carbons (Fsp3) is 0.182. The number of halogens is 1. The number of hydrogen-bond donors (Lipinski definition) is 1. The summed E-state index contributed by atoms with van der Waals surface area (Å²) >= 11 is 3.46. The Morgan fingerprint density at radius 1 is 1.40 bits per heavy atom. The molecule has 3 rings (SSSR count). The van der Waals surface area contributed by atoms with Crippen LogP contribution in [0.2, 0.25) is 0 Å². The molecule has 1 aromatic carbocycles. The molecule has 1 N–H and O–H groups in total. The Kier molecular flexibility index (Phi) is 2.02. The third-order valence-electron chi connectivity index (χ3n) is 2.54. The molecule has 2 heterocycles. The molecule has 0 saturated carbocycles. The lowest BCUT2D eigenvalue weighted by Crippen LogP contribution is -1.97. The molecule has 0 saturated heterocycles. The van der Waals surface area contributed by atoms with E-state index in [1.54, 1.807) is 0 Å². The van der Waals surface area contributed by atoms with Crippen molar-refractivity contribution >= 4 is 15.9 Å². The largest absolute Gasteiger partial charge is 0.493 e. The first-order valence-corrected chi connectivity index (χ1v) is 5.59. The van der Waals surface area contributed by atoms with Crippen LogP contribution in [0.3, 0.4) is 0 Å². The molecule has 0 amide bonds. The summed E-state index contributed by atoms with van der Waals surface area (Å²) in [7, 11) is 0. The Bertz CT molecular complexity index is 507. The minimum absolute atomic E-state index is 0.709. The van der Waals surface area contributed by atoms with Crippen molar-refractivity contribution in [1.82, 2.24) is 10.2 Å². The van der Waals surface area contributed by atoms with Crippen LogP contribution in [0.1, 0.15) is 5.56 Å². The van der Waals surface area contributed by atoms with E-state index in [2.05, 4.69) is 26.1 Å².